The normalized spacial score (nSPS) is 13.0. The molecule has 0 aliphatic carbocycles. The fraction of sp³-hybridized carbons (Fsp3) is 0.235. The lowest BCUT2D eigenvalue weighted by Crippen LogP contribution is -2.12. The van der Waals surface area contributed by atoms with Crippen molar-refractivity contribution < 1.29 is 23.0 Å². The fourth-order valence-corrected chi connectivity index (χ4v) is 3.18. The average Bonchev–Trinajstić information content (AvgIpc) is 3.01. The van der Waals surface area contributed by atoms with Crippen molar-refractivity contribution in [3.63, 3.8) is 0 Å². The Morgan fingerprint density at radius 1 is 1.24 bits per heavy atom. The molecule has 0 fully saturated rings. The van der Waals surface area contributed by atoms with Gasteiger partial charge >= 0.3 is 6.18 Å². The maximum atomic E-state index is 12.7. The second-order valence-corrected chi connectivity index (χ2v) is 6.40. The Balaban J connectivity index is 1.72. The number of alkyl halides is 3. The standard InChI is InChI=1S/C17H15F3N2O2S/c1-24-12-4-2-3-10(7-12)14(23)9-21-16-22-13-8-11(17(18,19)20)5-6-15(13)25-16/h2-8,14,23H,9H2,1H3,(H,21,22). The van der Waals surface area contributed by atoms with Gasteiger partial charge in [-0.05, 0) is 35.9 Å². The Morgan fingerprint density at radius 3 is 2.76 bits per heavy atom. The van der Waals surface area contributed by atoms with Crippen LogP contribution in [-0.2, 0) is 6.18 Å². The Hall–Kier alpha value is -2.32. The van der Waals surface area contributed by atoms with Crippen molar-refractivity contribution in [1.82, 2.24) is 4.98 Å². The quantitative estimate of drug-likeness (QED) is 0.698. The number of methoxy groups -OCH3 is 1. The maximum Gasteiger partial charge on any atom is 0.416 e. The predicted molar refractivity (Wildman–Crippen MR) is 91.1 cm³/mol. The van der Waals surface area contributed by atoms with Gasteiger partial charge in [-0.3, -0.25) is 0 Å². The van der Waals surface area contributed by atoms with Crippen LogP contribution in [0.25, 0.3) is 10.2 Å². The van der Waals surface area contributed by atoms with Crippen molar-refractivity contribution in [2.24, 2.45) is 0 Å². The van der Waals surface area contributed by atoms with Gasteiger partial charge in [0.2, 0.25) is 0 Å². The van der Waals surface area contributed by atoms with E-state index in [0.29, 0.717) is 21.1 Å². The third-order valence-electron chi connectivity index (χ3n) is 3.64. The highest BCUT2D eigenvalue weighted by molar-refractivity contribution is 7.22. The second kappa shape index (κ2) is 6.89. The van der Waals surface area contributed by atoms with E-state index < -0.39 is 17.8 Å². The van der Waals surface area contributed by atoms with Crippen LogP contribution >= 0.6 is 11.3 Å². The number of thiazole rings is 1. The van der Waals surface area contributed by atoms with Crippen molar-refractivity contribution in [1.29, 1.82) is 0 Å². The minimum Gasteiger partial charge on any atom is -0.497 e. The van der Waals surface area contributed by atoms with Crippen molar-refractivity contribution >= 4 is 26.7 Å². The summed E-state index contributed by atoms with van der Waals surface area (Å²) in [6, 6.07) is 10.5. The van der Waals surface area contributed by atoms with Crippen LogP contribution in [-0.4, -0.2) is 23.7 Å². The molecular formula is C17H15F3N2O2S. The minimum atomic E-state index is -4.39. The largest absolute Gasteiger partial charge is 0.497 e. The van der Waals surface area contributed by atoms with E-state index >= 15 is 0 Å². The zero-order chi connectivity index (χ0) is 18.0. The number of fused-ring (bicyclic) bond motifs is 1. The summed E-state index contributed by atoms with van der Waals surface area (Å²) in [4.78, 5) is 4.16. The van der Waals surface area contributed by atoms with E-state index in [1.807, 2.05) is 0 Å². The number of nitrogens with one attached hydrogen (secondary N) is 1. The molecule has 0 saturated heterocycles. The molecule has 25 heavy (non-hydrogen) atoms. The molecule has 0 radical (unpaired) electrons. The zero-order valence-corrected chi connectivity index (χ0v) is 14.0. The van der Waals surface area contributed by atoms with Crippen LogP contribution in [0.15, 0.2) is 42.5 Å². The highest BCUT2D eigenvalue weighted by Gasteiger charge is 2.30. The van der Waals surface area contributed by atoms with E-state index in [-0.39, 0.29) is 12.1 Å². The number of aliphatic hydroxyl groups excluding tert-OH is 1. The molecule has 0 bridgehead atoms. The summed E-state index contributed by atoms with van der Waals surface area (Å²) in [5.41, 5.74) is 0.221. The first kappa shape index (κ1) is 17.5. The Bertz CT molecular complexity index is 880. The van der Waals surface area contributed by atoms with Gasteiger partial charge in [0.25, 0.3) is 0 Å². The highest BCUT2D eigenvalue weighted by atomic mass is 32.1. The van der Waals surface area contributed by atoms with Gasteiger partial charge in [0.15, 0.2) is 5.13 Å². The molecule has 0 spiro atoms. The van der Waals surface area contributed by atoms with Crippen LogP contribution in [0.2, 0.25) is 0 Å². The lowest BCUT2D eigenvalue weighted by Gasteiger charge is -2.12. The molecule has 1 unspecified atom stereocenters. The van der Waals surface area contributed by atoms with Gasteiger partial charge in [-0.2, -0.15) is 13.2 Å². The Morgan fingerprint density at radius 2 is 2.04 bits per heavy atom. The monoisotopic (exact) mass is 368 g/mol. The molecule has 2 N–H and O–H groups in total. The first-order valence-corrected chi connectivity index (χ1v) is 8.22. The van der Waals surface area contributed by atoms with E-state index in [2.05, 4.69) is 10.3 Å². The molecule has 0 aliphatic rings. The molecule has 3 rings (SSSR count). The number of aromatic nitrogens is 1. The molecule has 0 saturated carbocycles. The third-order valence-corrected chi connectivity index (χ3v) is 4.63. The number of hydrogen-bond donors (Lipinski definition) is 2. The van der Waals surface area contributed by atoms with Gasteiger partial charge in [-0.25, -0.2) is 4.98 Å². The average molecular weight is 368 g/mol. The van der Waals surface area contributed by atoms with Crippen LogP contribution in [0.4, 0.5) is 18.3 Å². The van der Waals surface area contributed by atoms with Crippen LogP contribution < -0.4 is 10.1 Å². The first-order chi connectivity index (χ1) is 11.9. The van der Waals surface area contributed by atoms with Crippen molar-refractivity contribution in [3.05, 3.63) is 53.6 Å². The van der Waals surface area contributed by atoms with E-state index in [0.717, 1.165) is 12.1 Å². The van der Waals surface area contributed by atoms with Crippen LogP contribution in [0.3, 0.4) is 0 Å². The summed E-state index contributed by atoms with van der Waals surface area (Å²) in [5.74, 6) is 0.635. The molecule has 1 aromatic heterocycles. The number of benzene rings is 2. The summed E-state index contributed by atoms with van der Waals surface area (Å²) >= 11 is 1.24. The van der Waals surface area contributed by atoms with E-state index in [4.69, 9.17) is 4.74 Å². The van der Waals surface area contributed by atoms with E-state index in [1.165, 1.54) is 17.4 Å². The van der Waals surface area contributed by atoms with Gasteiger partial charge in [0, 0.05) is 6.54 Å². The number of aliphatic hydroxyl groups is 1. The SMILES string of the molecule is COc1cccc(C(O)CNc2nc3cc(C(F)(F)F)ccc3s2)c1. The number of nitrogens with zero attached hydrogens (tertiary/aromatic N) is 1. The van der Waals surface area contributed by atoms with Gasteiger partial charge in [-0.1, -0.05) is 23.5 Å². The summed E-state index contributed by atoms with van der Waals surface area (Å²) in [7, 11) is 1.54. The fourth-order valence-electron chi connectivity index (χ4n) is 2.33. The molecule has 0 amide bonds. The zero-order valence-electron chi connectivity index (χ0n) is 13.2. The smallest absolute Gasteiger partial charge is 0.416 e. The third kappa shape index (κ3) is 4.02. The van der Waals surface area contributed by atoms with Crippen molar-refractivity contribution in [2.45, 2.75) is 12.3 Å². The lowest BCUT2D eigenvalue weighted by molar-refractivity contribution is -0.137. The summed E-state index contributed by atoms with van der Waals surface area (Å²) < 4.78 is 44.0. The van der Waals surface area contributed by atoms with E-state index in [1.54, 1.807) is 31.4 Å². The number of hydrogen-bond acceptors (Lipinski definition) is 5. The van der Waals surface area contributed by atoms with Gasteiger partial charge < -0.3 is 15.2 Å². The van der Waals surface area contributed by atoms with Crippen molar-refractivity contribution in [2.75, 3.05) is 19.0 Å². The molecule has 3 aromatic rings. The number of ether oxygens (including phenoxy) is 1. The second-order valence-electron chi connectivity index (χ2n) is 5.37. The summed E-state index contributed by atoms with van der Waals surface area (Å²) in [6.07, 6.45) is -5.19. The molecular weight excluding hydrogens is 353 g/mol. The molecule has 132 valence electrons. The van der Waals surface area contributed by atoms with E-state index in [9.17, 15) is 18.3 Å². The summed E-state index contributed by atoms with van der Waals surface area (Å²) in [6.45, 7) is 0.180. The topological polar surface area (TPSA) is 54.4 Å². The number of rotatable bonds is 5. The highest BCUT2D eigenvalue weighted by Crippen LogP contribution is 2.34. The molecule has 8 heteroatoms. The first-order valence-electron chi connectivity index (χ1n) is 7.40. The van der Waals surface area contributed by atoms with Gasteiger partial charge in [0.05, 0.1) is 29.0 Å². The van der Waals surface area contributed by atoms with Crippen LogP contribution in [0, 0.1) is 0 Å². The van der Waals surface area contributed by atoms with Crippen LogP contribution in [0.1, 0.15) is 17.2 Å². The predicted octanol–water partition coefficient (Wildman–Crippen LogP) is 4.47. The van der Waals surface area contributed by atoms with Crippen molar-refractivity contribution in [3.8, 4) is 5.75 Å². The number of halogens is 3. The minimum absolute atomic E-state index is 0.180. The molecule has 1 heterocycles. The molecule has 2 aromatic carbocycles. The lowest BCUT2D eigenvalue weighted by atomic mass is 10.1. The molecule has 1 atom stereocenters. The molecule has 4 nitrogen and oxygen atoms in total. The Kier molecular flexibility index (Phi) is 4.82. The van der Waals surface area contributed by atoms with Crippen LogP contribution in [0.5, 0.6) is 5.75 Å². The molecule has 0 aliphatic heterocycles. The number of anilines is 1. The summed E-state index contributed by atoms with van der Waals surface area (Å²) in [5, 5.41) is 13.7. The maximum absolute atomic E-state index is 12.7. The van der Waals surface area contributed by atoms with Gasteiger partial charge in [-0.15, -0.1) is 0 Å². The van der Waals surface area contributed by atoms with Gasteiger partial charge in [0.1, 0.15) is 5.75 Å². The Labute approximate surface area is 145 Å².